The fourth-order valence-corrected chi connectivity index (χ4v) is 1.91. The first-order valence-corrected chi connectivity index (χ1v) is 5.17. The van der Waals surface area contributed by atoms with Crippen LogP contribution in [0.25, 0.3) is 10.9 Å². The van der Waals surface area contributed by atoms with Crippen LogP contribution in [0.1, 0.15) is 5.56 Å². The van der Waals surface area contributed by atoms with Gasteiger partial charge in [0, 0.05) is 30.6 Å². The Bertz CT molecular complexity index is 530. The molecule has 0 aliphatic carbocycles. The molecule has 17 heavy (non-hydrogen) atoms. The molecule has 0 aliphatic rings. The summed E-state index contributed by atoms with van der Waals surface area (Å²) < 4.78 is 38.6. The van der Waals surface area contributed by atoms with Crippen molar-refractivity contribution in [1.82, 2.24) is 4.57 Å². The quantitative estimate of drug-likeness (QED) is 0.861. The maximum atomic E-state index is 12.3. The highest BCUT2D eigenvalue weighted by molar-refractivity contribution is 5.83. The van der Waals surface area contributed by atoms with Crippen molar-refractivity contribution in [3.05, 3.63) is 36.0 Å². The van der Waals surface area contributed by atoms with Crippen LogP contribution in [0.5, 0.6) is 0 Å². The average Bonchev–Trinajstić information content (AvgIpc) is 2.56. The SMILES string of the molecule is Cn1cc(CC(O)C(F)(F)F)c2ccccc21. The summed E-state index contributed by atoms with van der Waals surface area (Å²) in [6, 6.07) is 7.19. The van der Waals surface area contributed by atoms with Gasteiger partial charge in [0.25, 0.3) is 0 Å². The lowest BCUT2D eigenvalue weighted by Crippen LogP contribution is -2.30. The predicted octanol–water partition coefficient (Wildman–Crippen LogP) is 2.64. The minimum Gasteiger partial charge on any atom is -0.383 e. The molecule has 0 saturated heterocycles. The molecular formula is C12H12F3NO. The molecule has 1 aromatic heterocycles. The van der Waals surface area contributed by atoms with Gasteiger partial charge in [-0.1, -0.05) is 18.2 Å². The number of rotatable bonds is 2. The molecule has 1 aromatic carbocycles. The van der Waals surface area contributed by atoms with Crippen LogP contribution in [-0.2, 0) is 13.5 Å². The van der Waals surface area contributed by atoms with Crippen LogP contribution in [-0.4, -0.2) is 22.0 Å². The molecule has 0 fully saturated rings. The maximum absolute atomic E-state index is 12.3. The van der Waals surface area contributed by atoms with Crippen molar-refractivity contribution in [2.45, 2.75) is 18.7 Å². The zero-order valence-corrected chi connectivity index (χ0v) is 9.20. The van der Waals surface area contributed by atoms with Crippen LogP contribution in [0.15, 0.2) is 30.5 Å². The molecule has 0 bridgehead atoms. The normalized spacial score (nSPS) is 14.2. The van der Waals surface area contributed by atoms with Crippen molar-refractivity contribution in [2.75, 3.05) is 0 Å². The third-order valence-corrected chi connectivity index (χ3v) is 2.77. The van der Waals surface area contributed by atoms with Gasteiger partial charge in [-0.2, -0.15) is 13.2 Å². The molecule has 5 heteroatoms. The summed E-state index contributed by atoms with van der Waals surface area (Å²) in [4.78, 5) is 0. The molecule has 1 unspecified atom stereocenters. The van der Waals surface area contributed by atoms with E-state index in [1.165, 1.54) is 0 Å². The highest BCUT2D eigenvalue weighted by Crippen LogP contribution is 2.27. The second kappa shape index (κ2) is 4.07. The lowest BCUT2D eigenvalue weighted by molar-refractivity contribution is -0.202. The summed E-state index contributed by atoms with van der Waals surface area (Å²) in [5.41, 5.74) is 1.37. The number of aliphatic hydroxyl groups excluding tert-OH is 1. The number of benzene rings is 1. The van der Waals surface area contributed by atoms with Crippen molar-refractivity contribution < 1.29 is 18.3 Å². The second-order valence-corrected chi connectivity index (χ2v) is 4.04. The summed E-state index contributed by atoms with van der Waals surface area (Å²) in [7, 11) is 1.77. The van der Waals surface area contributed by atoms with E-state index in [4.69, 9.17) is 5.11 Å². The first-order valence-electron chi connectivity index (χ1n) is 5.17. The molecule has 1 heterocycles. The molecule has 0 saturated carbocycles. The molecule has 0 amide bonds. The number of para-hydroxylation sites is 1. The predicted molar refractivity (Wildman–Crippen MR) is 58.7 cm³/mol. The smallest absolute Gasteiger partial charge is 0.383 e. The van der Waals surface area contributed by atoms with E-state index in [-0.39, 0.29) is 0 Å². The van der Waals surface area contributed by atoms with Gasteiger partial charge in [0.1, 0.15) is 0 Å². The lowest BCUT2D eigenvalue weighted by atomic mass is 10.1. The molecule has 2 rings (SSSR count). The molecule has 2 aromatic rings. The van der Waals surface area contributed by atoms with Gasteiger partial charge in [-0.25, -0.2) is 0 Å². The fraction of sp³-hybridized carbons (Fsp3) is 0.333. The Labute approximate surface area is 96.3 Å². The number of halogens is 3. The molecule has 0 radical (unpaired) electrons. The Morgan fingerprint density at radius 1 is 1.29 bits per heavy atom. The summed E-state index contributed by atoms with van der Waals surface area (Å²) >= 11 is 0. The number of fused-ring (bicyclic) bond motifs is 1. The number of alkyl halides is 3. The molecular weight excluding hydrogens is 231 g/mol. The summed E-state index contributed by atoms with van der Waals surface area (Å²) in [6.45, 7) is 0. The van der Waals surface area contributed by atoms with Crippen LogP contribution in [0.4, 0.5) is 13.2 Å². The van der Waals surface area contributed by atoms with E-state index in [1.54, 1.807) is 29.9 Å². The first-order chi connectivity index (χ1) is 7.89. The van der Waals surface area contributed by atoms with Crippen molar-refractivity contribution in [2.24, 2.45) is 7.05 Å². The van der Waals surface area contributed by atoms with Gasteiger partial charge in [-0.05, 0) is 11.6 Å². The third-order valence-electron chi connectivity index (χ3n) is 2.77. The number of aryl methyl sites for hydroxylation is 1. The van der Waals surface area contributed by atoms with Crippen molar-refractivity contribution >= 4 is 10.9 Å². The number of aliphatic hydroxyl groups is 1. The molecule has 92 valence electrons. The molecule has 1 N–H and O–H groups in total. The minimum absolute atomic E-state index is 0.412. The van der Waals surface area contributed by atoms with Gasteiger partial charge in [-0.15, -0.1) is 0 Å². The highest BCUT2D eigenvalue weighted by Gasteiger charge is 2.38. The molecule has 0 aliphatic heterocycles. The van der Waals surface area contributed by atoms with E-state index in [2.05, 4.69) is 0 Å². The molecule has 1 atom stereocenters. The number of hydrogen-bond acceptors (Lipinski definition) is 1. The topological polar surface area (TPSA) is 25.2 Å². The number of nitrogens with zero attached hydrogens (tertiary/aromatic N) is 1. The average molecular weight is 243 g/mol. The van der Waals surface area contributed by atoms with Gasteiger partial charge in [0.15, 0.2) is 6.10 Å². The van der Waals surface area contributed by atoms with Crippen LogP contribution in [0.2, 0.25) is 0 Å². The summed E-state index contributed by atoms with van der Waals surface area (Å²) in [6.07, 6.45) is -5.67. The fourth-order valence-electron chi connectivity index (χ4n) is 1.91. The van der Waals surface area contributed by atoms with E-state index in [1.807, 2.05) is 12.1 Å². The van der Waals surface area contributed by atoms with Gasteiger partial charge in [0.2, 0.25) is 0 Å². The Hall–Kier alpha value is -1.49. The van der Waals surface area contributed by atoms with Crippen LogP contribution >= 0.6 is 0 Å². The van der Waals surface area contributed by atoms with Gasteiger partial charge >= 0.3 is 6.18 Å². The van der Waals surface area contributed by atoms with Gasteiger partial charge < -0.3 is 9.67 Å². The third kappa shape index (κ3) is 2.29. The second-order valence-electron chi connectivity index (χ2n) is 4.04. The Morgan fingerprint density at radius 2 is 1.94 bits per heavy atom. The minimum atomic E-state index is -4.57. The molecule has 2 nitrogen and oxygen atoms in total. The standard InChI is InChI=1S/C12H12F3NO/c1-16-7-8(6-11(17)12(13,14)15)9-4-2-3-5-10(9)16/h2-5,7,11,17H,6H2,1H3. The lowest BCUT2D eigenvalue weighted by Gasteiger charge is -2.13. The van der Waals surface area contributed by atoms with Crippen molar-refractivity contribution in [1.29, 1.82) is 0 Å². The van der Waals surface area contributed by atoms with Gasteiger partial charge in [0.05, 0.1) is 0 Å². The van der Waals surface area contributed by atoms with Crippen molar-refractivity contribution in [3.8, 4) is 0 Å². The highest BCUT2D eigenvalue weighted by atomic mass is 19.4. The molecule has 0 spiro atoms. The van der Waals surface area contributed by atoms with E-state index < -0.39 is 18.7 Å². The first kappa shape index (κ1) is 12.0. The Kier molecular flexibility index (Phi) is 2.87. The van der Waals surface area contributed by atoms with Crippen LogP contribution < -0.4 is 0 Å². The summed E-state index contributed by atoms with van der Waals surface area (Å²) in [5, 5.41) is 9.82. The van der Waals surface area contributed by atoms with Crippen LogP contribution in [0, 0.1) is 0 Å². The Morgan fingerprint density at radius 3 is 2.59 bits per heavy atom. The maximum Gasteiger partial charge on any atom is 0.414 e. The number of aromatic nitrogens is 1. The zero-order chi connectivity index (χ0) is 12.6. The van der Waals surface area contributed by atoms with E-state index in [0.717, 1.165) is 10.9 Å². The number of hydrogen-bond donors (Lipinski definition) is 1. The summed E-state index contributed by atoms with van der Waals surface area (Å²) in [5.74, 6) is 0. The van der Waals surface area contributed by atoms with Crippen molar-refractivity contribution in [3.63, 3.8) is 0 Å². The monoisotopic (exact) mass is 243 g/mol. The van der Waals surface area contributed by atoms with Gasteiger partial charge in [-0.3, -0.25) is 0 Å². The zero-order valence-electron chi connectivity index (χ0n) is 9.20. The van der Waals surface area contributed by atoms with E-state index in [9.17, 15) is 13.2 Å². The van der Waals surface area contributed by atoms with Crippen LogP contribution in [0.3, 0.4) is 0 Å². The van der Waals surface area contributed by atoms with E-state index >= 15 is 0 Å². The largest absolute Gasteiger partial charge is 0.414 e. The van der Waals surface area contributed by atoms with E-state index in [0.29, 0.717) is 5.56 Å². The Balaban J connectivity index is 2.37.